The van der Waals surface area contributed by atoms with Crippen LogP contribution in [-0.4, -0.2) is 17.2 Å². The normalized spacial score (nSPS) is 48.3. The third-order valence-electron chi connectivity index (χ3n) is 2.35. The molecule has 0 aliphatic carbocycles. The lowest BCUT2D eigenvalue weighted by Crippen LogP contribution is -2.32. The SMILES string of the molecule is C#CC1CP(=O)(O)OC(C)C1C. The van der Waals surface area contributed by atoms with Gasteiger partial charge in [0.2, 0.25) is 0 Å². The van der Waals surface area contributed by atoms with E-state index in [4.69, 9.17) is 10.9 Å². The smallest absolute Gasteiger partial charge is 0.324 e. The van der Waals surface area contributed by atoms with E-state index >= 15 is 0 Å². The van der Waals surface area contributed by atoms with Crippen molar-refractivity contribution in [2.45, 2.75) is 20.0 Å². The summed E-state index contributed by atoms with van der Waals surface area (Å²) in [5, 5.41) is 0. The van der Waals surface area contributed by atoms with Crippen molar-refractivity contribution in [1.82, 2.24) is 0 Å². The van der Waals surface area contributed by atoms with Gasteiger partial charge in [0.1, 0.15) is 0 Å². The van der Waals surface area contributed by atoms with Gasteiger partial charge in [-0.1, -0.05) is 6.92 Å². The second-order valence-electron chi connectivity index (χ2n) is 3.26. The van der Waals surface area contributed by atoms with Crippen LogP contribution in [0.3, 0.4) is 0 Å². The Morgan fingerprint density at radius 1 is 1.67 bits per heavy atom. The van der Waals surface area contributed by atoms with Crippen LogP contribution in [0.25, 0.3) is 0 Å². The molecule has 1 N–H and O–H groups in total. The molecule has 1 fully saturated rings. The fraction of sp³-hybridized carbons (Fsp3) is 0.750. The molecular weight excluding hydrogens is 175 g/mol. The Morgan fingerprint density at radius 3 is 2.75 bits per heavy atom. The molecule has 12 heavy (non-hydrogen) atoms. The minimum absolute atomic E-state index is 0.0923. The van der Waals surface area contributed by atoms with E-state index in [9.17, 15) is 9.46 Å². The zero-order valence-electron chi connectivity index (χ0n) is 7.23. The molecular formula is C8H13O3P. The van der Waals surface area contributed by atoms with Gasteiger partial charge in [-0.05, 0) is 12.8 Å². The highest BCUT2D eigenvalue weighted by Crippen LogP contribution is 2.51. The molecule has 1 rings (SSSR count). The summed E-state index contributed by atoms with van der Waals surface area (Å²) in [5.74, 6) is 2.55. The van der Waals surface area contributed by atoms with Gasteiger partial charge in [0.15, 0.2) is 0 Å². The Bertz CT molecular complexity index is 256. The number of hydrogen-bond acceptors (Lipinski definition) is 2. The molecule has 4 atom stereocenters. The molecule has 1 heterocycles. The monoisotopic (exact) mass is 188 g/mol. The molecule has 4 unspecified atom stereocenters. The summed E-state index contributed by atoms with van der Waals surface area (Å²) in [6.45, 7) is 3.71. The second-order valence-corrected chi connectivity index (χ2v) is 5.11. The molecule has 68 valence electrons. The van der Waals surface area contributed by atoms with E-state index in [1.165, 1.54) is 0 Å². The quantitative estimate of drug-likeness (QED) is 0.462. The summed E-state index contributed by atoms with van der Waals surface area (Å²) in [5.41, 5.74) is 0. The zero-order valence-corrected chi connectivity index (χ0v) is 8.12. The molecule has 4 heteroatoms. The Labute approximate surface area is 72.7 Å². The lowest BCUT2D eigenvalue weighted by molar-refractivity contribution is 0.0991. The van der Waals surface area contributed by atoms with E-state index in [1.807, 2.05) is 6.92 Å². The third-order valence-corrected chi connectivity index (χ3v) is 3.86. The van der Waals surface area contributed by atoms with E-state index in [1.54, 1.807) is 6.92 Å². The number of hydrogen-bond donors (Lipinski definition) is 1. The maximum Gasteiger partial charge on any atom is 0.329 e. The maximum absolute atomic E-state index is 11.2. The Balaban J connectivity index is 2.80. The molecule has 0 aromatic rings. The van der Waals surface area contributed by atoms with Crippen molar-refractivity contribution in [3.63, 3.8) is 0 Å². The van der Waals surface area contributed by atoms with Crippen molar-refractivity contribution >= 4 is 7.60 Å². The predicted molar refractivity (Wildman–Crippen MR) is 46.7 cm³/mol. The van der Waals surface area contributed by atoms with Crippen LogP contribution in [0.2, 0.25) is 0 Å². The van der Waals surface area contributed by atoms with Gasteiger partial charge in [0.25, 0.3) is 0 Å². The van der Waals surface area contributed by atoms with Gasteiger partial charge < -0.3 is 9.42 Å². The van der Waals surface area contributed by atoms with Crippen LogP contribution in [0.15, 0.2) is 0 Å². The lowest BCUT2D eigenvalue weighted by Gasteiger charge is -2.33. The van der Waals surface area contributed by atoms with Crippen molar-refractivity contribution in [3.8, 4) is 12.3 Å². The summed E-state index contributed by atoms with van der Waals surface area (Å²) in [4.78, 5) is 9.20. The third kappa shape index (κ3) is 1.90. The minimum atomic E-state index is -3.40. The molecule has 0 amide bonds. The minimum Gasteiger partial charge on any atom is -0.324 e. The van der Waals surface area contributed by atoms with Crippen molar-refractivity contribution in [2.75, 3.05) is 6.16 Å². The summed E-state index contributed by atoms with van der Waals surface area (Å²) >= 11 is 0. The molecule has 0 aromatic carbocycles. The summed E-state index contributed by atoms with van der Waals surface area (Å²) in [6.07, 6.45) is 5.11. The van der Waals surface area contributed by atoms with E-state index in [0.29, 0.717) is 0 Å². The maximum atomic E-state index is 11.2. The fourth-order valence-corrected chi connectivity index (χ4v) is 3.08. The first-order valence-corrected chi connectivity index (χ1v) is 5.69. The van der Waals surface area contributed by atoms with E-state index < -0.39 is 7.60 Å². The van der Waals surface area contributed by atoms with Gasteiger partial charge >= 0.3 is 7.60 Å². The van der Waals surface area contributed by atoms with Crippen LogP contribution in [0, 0.1) is 24.2 Å². The topological polar surface area (TPSA) is 46.5 Å². The van der Waals surface area contributed by atoms with Crippen molar-refractivity contribution < 1.29 is 14.0 Å². The van der Waals surface area contributed by atoms with Crippen LogP contribution in [0.1, 0.15) is 13.8 Å². The Kier molecular flexibility index (Phi) is 2.63. The molecule has 0 saturated carbocycles. The summed E-state index contributed by atoms with van der Waals surface area (Å²) in [6, 6.07) is 0. The van der Waals surface area contributed by atoms with Crippen molar-refractivity contribution in [2.24, 2.45) is 11.8 Å². The molecule has 1 aliphatic rings. The van der Waals surface area contributed by atoms with Gasteiger partial charge in [-0.15, -0.1) is 12.3 Å². The first-order chi connectivity index (χ1) is 5.46. The Hall–Kier alpha value is -0.290. The highest BCUT2D eigenvalue weighted by molar-refractivity contribution is 7.52. The standard InChI is InChI=1S/C8H13O3P/c1-4-8-5-12(9,10)11-7(3)6(8)2/h1,6-8H,5H2,2-3H3,(H,9,10). The largest absolute Gasteiger partial charge is 0.329 e. The number of rotatable bonds is 0. The molecule has 0 spiro atoms. The zero-order chi connectivity index (χ0) is 9.35. The average Bonchev–Trinajstić information content (AvgIpc) is 1.96. The van der Waals surface area contributed by atoms with Crippen LogP contribution >= 0.6 is 7.60 Å². The van der Waals surface area contributed by atoms with Crippen molar-refractivity contribution in [3.05, 3.63) is 0 Å². The number of terminal acetylenes is 1. The van der Waals surface area contributed by atoms with Gasteiger partial charge in [-0.2, -0.15) is 0 Å². The fourth-order valence-electron chi connectivity index (χ4n) is 1.35. The summed E-state index contributed by atoms with van der Waals surface area (Å²) < 4.78 is 16.1. The average molecular weight is 188 g/mol. The summed E-state index contributed by atoms with van der Waals surface area (Å²) in [7, 11) is -3.40. The highest BCUT2D eigenvalue weighted by Gasteiger charge is 2.38. The van der Waals surface area contributed by atoms with Crippen LogP contribution in [-0.2, 0) is 9.09 Å². The molecule has 3 nitrogen and oxygen atoms in total. The molecule has 1 aliphatic heterocycles. The Morgan fingerprint density at radius 2 is 2.25 bits per heavy atom. The first-order valence-electron chi connectivity index (χ1n) is 3.92. The van der Waals surface area contributed by atoms with Gasteiger partial charge in [0.05, 0.1) is 12.3 Å². The van der Waals surface area contributed by atoms with Crippen LogP contribution in [0.5, 0.6) is 0 Å². The van der Waals surface area contributed by atoms with Gasteiger partial charge in [-0.3, -0.25) is 4.57 Å². The van der Waals surface area contributed by atoms with Crippen LogP contribution in [0.4, 0.5) is 0 Å². The molecule has 1 saturated heterocycles. The predicted octanol–water partition coefficient (Wildman–Crippen LogP) is 1.48. The molecule has 0 radical (unpaired) electrons. The first kappa shape index (κ1) is 9.80. The highest BCUT2D eigenvalue weighted by atomic mass is 31.2. The van der Waals surface area contributed by atoms with E-state index in [0.717, 1.165) is 0 Å². The van der Waals surface area contributed by atoms with E-state index in [-0.39, 0.29) is 24.1 Å². The van der Waals surface area contributed by atoms with Gasteiger partial charge in [0, 0.05) is 5.92 Å². The molecule has 0 aromatic heterocycles. The van der Waals surface area contributed by atoms with Crippen LogP contribution < -0.4 is 0 Å². The van der Waals surface area contributed by atoms with E-state index in [2.05, 4.69) is 5.92 Å². The van der Waals surface area contributed by atoms with Crippen molar-refractivity contribution in [1.29, 1.82) is 0 Å². The lowest BCUT2D eigenvalue weighted by atomic mass is 9.92. The second kappa shape index (κ2) is 3.22. The molecule has 0 bridgehead atoms. The van der Waals surface area contributed by atoms with Gasteiger partial charge in [-0.25, -0.2) is 0 Å².